The smallest absolute Gasteiger partial charge is 0.408 e. The van der Waals surface area contributed by atoms with Crippen LogP contribution in [0.15, 0.2) is 27.4 Å². The molecule has 19 heavy (non-hydrogen) atoms. The van der Waals surface area contributed by atoms with E-state index in [9.17, 15) is 4.79 Å². The number of rotatable bonds is 2. The Morgan fingerprint density at radius 1 is 1.32 bits per heavy atom. The summed E-state index contributed by atoms with van der Waals surface area (Å²) in [6, 6.07) is 5.90. The van der Waals surface area contributed by atoms with Gasteiger partial charge >= 0.3 is 5.76 Å². The molecule has 2 aromatic rings. The molecule has 4 nitrogen and oxygen atoms in total. The second kappa shape index (κ2) is 3.97. The molecule has 4 heteroatoms. The lowest BCUT2D eigenvalue weighted by Crippen LogP contribution is -2.25. The van der Waals surface area contributed by atoms with Gasteiger partial charge in [0.15, 0.2) is 5.58 Å². The monoisotopic (exact) mass is 258 g/mol. The largest absolute Gasteiger partial charge is 0.417 e. The number of benzene rings is 1. The Morgan fingerprint density at radius 2 is 2.21 bits per heavy atom. The molecular weight excluding hydrogens is 240 g/mol. The molecule has 1 aromatic heterocycles. The van der Waals surface area contributed by atoms with Crippen LogP contribution < -0.4 is 11.5 Å². The molecule has 4 unspecified atom stereocenters. The molecule has 4 atom stereocenters. The van der Waals surface area contributed by atoms with E-state index in [-0.39, 0.29) is 6.04 Å². The zero-order valence-electron chi connectivity index (χ0n) is 10.8. The van der Waals surface area contributed by atoms with Crippen LogP contribution in [0.1, 0.15) is 37.3 Å². The Balaban J connectivity index is 1.67. The Morgan fingerprint density at radius 3 is 2.95 bits per heavy atom. The number of aromatic nitrogens is 1. The average Bonchev–Trinajstić information content (AvgIpc) is 3.09. The van der Waals surface area contributed by atoms with E-state index in [4.69, 9.17) is 10.2 Å². The van der Waals surface area contributed by atoms with Gasteiger partial charge in [-0.25, -0.2) is 4.79 Å². The number of nitrogens with two attached hydrogens (primary N) is 1. The van der Waals surface area contributed by atoms with Gasteiger partial charge in [0.1, 0.15) is 0 Å². The Labute approximate surface area is 111 Å². The van der Waals surface area contributed by atoms with Gasteiger partial charge in [0.25, 0.3) is 0 Å². The van der Waals surface area contributed by atoms with Gasteiger partial charge in [-0.15, -0.1) is 0 Å². The first kappa shape index (κ1) is 11.3. The van der Waals surface area contributed by atoms with Gasteiger partial charge in [-0.2, -0.15) is 0 Å². The molecule has 0 radical (unpaired) electrons. The summed E-state index contributed by atoms with van der Waals surface area (Å²) in [5.41, 5.74) is 8.90. The van der Waals surface area contributed by atoms with Gasteiger partial charge in [0.05, 0.1) is 5.52 Å². The lowest BCUT2D eigenvalue weighted by atomic mass is 9.81. The molecule has 0 spiro atoms. The van der Waals surface area contributed by atoms with Gasteiger partial charge in [-0.05, 0) is 54.7 Å². The Kier molecular flexibility index (Phi) is 2.36. The summed E-state index contributed by atoms with van der Waals surface area (Å²) in [5.74, 6) is 1.89. The van der Waals surface area contributed by atoms with Crippen LogP contribution in [0.5, 0.6) is 0 Å². The van der Waals surface area contributed by atoms with E-state index in [0.717, 1.165) is 22.9 Å². The summed E-state index contributed by atoms with van der Waals surface area (Å²) in [5, 5.41) is 0. The Bertz CT molecular complexity index is 672. The van der Waals surface area contributed by atoms with Crippen molar-refractivity contribution in [3.63, 3.8) is 0 Å². The topological polar surface area (TPSA) is 72.0 Å². The molecule has 1 heterocycles. The van der Waals surface area contributed by atoms with E-state index in [1.807, 2.05) is 18.2 Å². The number of hydrogen-bond acceptors (Lipinski definition) is 3. The molecule has 0 aliphatic heterocycles. The van der Waals surface area contributed by atoms with Crippen LogP contribution in [0.3, 0.4) is 0 Å². The van der Waals surface area contributed by atoms with Crippen molar-refractivity contribution in [1.29, 1.82) is 0 Å². The van der Waals surface area contributed by atoms with E-state index >= 15 is 0 Å². The zero-order chi connectivity index (χ0) is 13.0. The maximum absolute atomic E-state index is 11.2. The lowest BCUT2D eigenvalue weighted by Gasteiger charge is -2.27. The fourth-order valence-electron chi connectivity index (χ4n) is 4.15. The second-order valence-electron chi connectivity index (χ2n) is 6.13. The molecular formula is C15H18N2O2. The summed E-state index contributed by atoms with van der Waals surface area (Å²) in [6.07, 6.45) is 5.35. The number of fused-ring (bicyclic) bond motifs is 3. The molecule has 2 aliphatic carbocycles. The minimum absolute atomic E-state index is 0.0694. The van der Waals surface area contributed by atoms with E-state index in [1.54, 1.807) is 0 Å². The van der Waals surface area contributed by atoms with Gasteiger partial charge < -0.3 is 10.2 Å². The first-order chi connectivity index (χ1) is 9.20. The Hall–Kier alpha value is -1.55. The summed E-state index contributed by atoms with van der Waals surface area (Å²) in [6.45, 7) is 0. The van der Waals surface area contributed by atoms with E-state index < -0.39 is 5.76 Å². The van der Waals surface area contributed by atoms with Gasteiger partial charge in [0, 0.05) is 6.04 Å². The molecule has 2 saturated carbocycles. The van der Waals surface area contributed by atoms with Gasteiger partial charge in [-0.1, -0.05) is 12.5 Å². The van der Waals surface area contributed by atoms with Crippen LogP contribution in [0.4, 0.5) is 0 Å². The summed E-state index contributed by atoms with van der Waals surface area (Å²) in [4.78, 5) is 13.8. The fraction of sp³-hybridized carbons (Fsp3) is 0.533. The molecule has 2 bridgehead atoms. The highest BCUT2D eigenvalue weighted by atomic mass is 16.4. The van der Waals surface area contributed by atoms with Crippen molar-refractivity contribution in [1.82, 2.24) is 4.98 Å². The van der Waals surface area contributed by atoms with E-state index in [2.05, 4.69) is 4.98 Å². The van der Waals surface area contributed by atoms with Crippen molar-refractivity contribution in [3.8, 4) is 0 Å². The van der Waals surface area contributed by atoms with Gasteiger partial charge in [-0.3, -0.25) is 4.98 Å². The first-order valence-electron chi connectivity index (χ1n) is 7.09. The number of hydrogen-bond donors (Lipinski definition) is 2. The fourth-order valence-corrected chi connectivity index (χ4v) is 4.15. The highest BCUT2D eigenvalue weighted by Crippen LogP contribution is 2.52. The average molecular weight is 258 g/mol. The van der Waals surface area contributed by atoms with Crippen LogP contribution in [0.2, 0.25) is 0 Å². The van der Waals surface area contributed by atoms with Crippen molar-refractivity contribution in [2.75, 3.05) is 0 Å². The summed E-state index contributed by atoms with van der Waals surface area (Å²) in [7, 11) is 0. The van der Waals surface area contributed by atoms with Crippen LogP contribution in [-0.4, -0.2) is 4.98 Å². The van der Waals surface area contributed by atoms with Gasteiger partial charge in [0.2, 0.25) is 0 Å². The molecule has 0 saturated heterocycles. The van der Waals surface area contributed by atoms with Crippen LogP contribution in [0, 0.1) is 17.8 Å². The third-order valence-electron chi connectivity index (χ3n) is 5.08. The highest BCUT2D eigenvalue weighted by Gasteiger charge is 2.42. The standard InChI is InChI=1S/C15H18N2O2/c16-14(11-6-8-1-2-9(11)5-8)10-3-4-12-13(7-10)19-15(18)17-12/h3-4,7-9,11,14H,1-2,5-6,16H2,(H,17,18). The SMILES string of the molecule is NC(c1ccc2[nH]c(=O)oc2c1)C1CC2CCC1C2. The third kappa shape index (κ3) is 1.74. The minimum atomic E-state index is -0.402. The molecule has 2 aliphatic rings. The van der Waals surface area contributed by atoms with Crippen molar-refractivity contribution in [2.24, 2.45) is 23.5 Å². The predicted octanol–water partition coefficient (Wildman–Crippen LogP) is 2.56. The number of nitrogens with one attached hydrogen (secondary N) is 1. The van der Waals surface area contributed by atoms with Crippen molar-refractivity contribution in [2.45, 2.75) is 31.7 Å². The second-order valence-corrected chi connectivity index (χ2v) is 6.13. The third-order valence-corrected chi connectivity index (χ3v) is 5.08. The number of H-pyrrole nitrogens is 1. The predicted molar refractivity (Wildman–Crippen MR) is 72.7 cm³/mol. The maximum Gasteiger partial charge on any atom is 0.417 e. The van der Waals surface area contributed by atoms with E-state index in [0.29, 0.717) is 11.5 Å². The molecule has 1 aromatic carbocycles. The normalized spacial score (nSPS) is 31.1. The summed E-state index contributed by atoms with van der Waals surface area (Å²) < 4.78 is 5.12. The minimum Gasteiger partial charge on any atom is -0.408 e. The maximum atomic E-state index is 11.2. The number of oxazole rings is 1. The number of aromatic amines is 1. The first-order valence-corrected chi connectivity index (χ1v) is 7.09. The highest BCUT2D eigenvalue weighted by molar-refractivity contribution is 5.72. The quantitative estimate of drug-likeness (QED) is 0.869. The molecule has 4 rings (SSSR count). The lowest BCUT2D eigenvalue weighted by molar-refractivity contribution is 0.284. The van der Waals surface area contributed by atoms with Crippen LogP contribution >= 0.6 is 0 Å². The molecule has 0 amide bonds. The van der Waals surface area contributed by atoms with Crippen molar-refractivity contribution < 1.29 is 4.42 Å². The van der Waals surface area contributed by atoms with Crippen molar-refractivity contribution >= 4 is 11.1 Å². The molecule has 3 N–H and O–H groups in total. The molecule has 100 valence electrons. The van der Waals surface area contributed by atoms with Crippen LogP contribution in [0.25, 0.3) is 11.1 Å². The zero-order valence-corrected chi connectivity index (χ0v) is 10.8. The van der Waals surface area contributed by atoms with E-state index in [1.165, 1.54) is 25.7 Å². The van der Waals surface area contributed by atoms with Crippen LogP contribution in [-0.2, 0) is 0 Å². The summed E-state index contributed by atoms with van der Waals surface area (Å²) >= 11 is 0. The molecule has 2 fully saturated rings. The van der Waals surface area contributed by atoms with Crippen molar-refractivity contribution in [3.05, 3.63) is 34.3 Å².